The van der Waals surface area contributed by atoms with Crippen LogP contribution in [0.25, 0.3) is 0 Å². The van der Waals surface area contributed by atoms with Crippen LogP contribution in [0.5, 0.6) is 0 Å². The first-order valence-corrected chi connectivity index (χ1v) is 5.95. The lowest BCUT2D eigenvalue weighted by molar-refractivity contribution is -0.144. The number of carbonyl (C=O) groups excluding carboxylic acids is 2. The van der Waals surface area contributed by atoms with Crippen molar-refractivity contribution in [1.29, 1.82) is 0 Å². The topological polar surface area (TPSA) is 64.6 Å². The molecule has 0 heterocycles. The Morgan fingerprint density at radius 2 is 2.05 bits per heavy atom. The van der Waals surface area contributed by atoms with Gasteiger partial charge in [-0.25, -0.2) is 4.79 Å². The van der Waals surface area contributed by atoms with Crippen molar-refractivity contribution < 1.29 is 19.1 Å². The van der Waals surface area contributed by atoms with Crippen LogP contribution in [0.4, 0.5) is 0 Å². The third-order valence-corrected chi connectivity index (χ3v) is 2.25. The highest BCUT2D eigenvalue weighted by Crippen LogP contribution is 2.07. The van der Waals surface area contributed by atoms with Gasteiger partial charge in [0, 0.05) is 7.11 Å². The Labute approximate surface area is 114 Å². The van der Waals surface area contributed by atoms with Crippen molar-refractivity contribution >= 4 is 11.9 Å². The molecule has 0 aliphatic carbocycles. The summed E-state index contributed by atoms with van der Waals surface area (Å²) in [5.41, 5.74) is 0.556. The summed E-state index contributed by atoms with van der Waals surface area (Å²) < 4.78 is 9.38. The molecule has 19 heavy (non-hydrogen) atoms. The average molecular weight is 267 g/mol. The van der Waals surface area contributed by atoms with Crippen LogP contribution < -0.4 is 5.32 Å². The molecule has 1 atom stereocenters. The number of methoxy groups -OCH3 is 2. The van der Waals surface area contributed by atoms with Crippen molar-refractivity contribution in [3.8, 4) is 0 Å². The van der Waals surface area contributed by atoms with Crippen molar-refractivity contribution in [2.45, 2.75) is 19.4 Å². The zero-order valence-corrected chi connectivity index (χ0v) is 11.6. The number of allylic oxidation sites excluding steroid dienone is 3. The quantitative estimate of drug-likeness (QED) is 0.533. The summed E-state index contributed by atoms with van der Waals surface area (Å²) in [6.45, 7) is 5.51. The molecule has 5 heteroatoms. The molecule has 1 N–H and O–H groups in total. The third kappa shape index (κ3) is 6.57. The standard InChI is InChI=1S/C14H21NO4/c1-5-7-8-9-11(6-2)13(14(17)19-4)15-12(16)10-18-3/h6-9,13H,2,5,10H2,1,3-4H3,(H,15,16)/b8-7-,11-9+. The number of rotatable bonds is 8. The molecule has 5 nitrogen and oxygen atoms in total. The van der Waals surface area contributed by atoms with Gasteiger partial charge >= 0.3 is 5.97 Å². The summed E-state index contributed by atoms with van der Waals surface area (Å²) in [6, 6.07) is -0.883. The average Bonchev–Trinajstić information content (AvgIpc) is 2.41. The van der Waals surface area contributed by atoms with Gasteiger partial charge in [0.05, 0.1) is 7.11 Å². The van der Waals surface area contributed by atoms with E-state index < -0.39 is 17.9 Å². The number of esters is 1. The minimum absolute atomic E-state index is 0.122. The van der Waals surface area contributed by atoms with Gasteiger partial charge in [-0.3, -0.25) is 4.79 Å². The molecule has 1 unspecified atom stereocenters. The van der Waals surface area contributed by atoms with Crippen LogP contribution in [0, 0.1) is 0 Å². The Balaban J connectivity index is 5.04. The zero-order valence-electron chi connectivity index (χ0n) is 11.6. The normalized spacial score (nSPS) is 13.1. The second-order valence-corrected chi connectivity index (χ2v) is 3.66. The SMILES string of the molecule is C=C/C(=C\C=C/CC)C(NC(=O)COC)C(=O)OC. The van der Waals surface area contributed by atoms with Crippen LogP contribution >= 0.6 is 0 Å². The summed E-state index contributed by atoms with van der Waals surface area (Å²) in [5, 5.41) is 2.53. The van der Waals surface area contributed by atoms with E-state index in [0.717, 1.165) is 6.42 Å². The second kappa shape index (κ2) is 10.1. The molecule has 0 aromatic rings. The third-order valence-electron chi connectivity index (χ3n) is 2.25. The molecule has 0 aliphatic heterocycles. The smallest absolute Gasteiger partial charge is 0.333 e. The maximum atomic E-state index is 11.7. The first-order chi connectivity index (χ1) is 9.10. The van der Waals surface area contributed by atoms with Gasteiger partial charge in [0.2, 0.25) is 5.91 Å². The number of nitrogens with one attached hydrogen (secondary N) is 1. The fourth-order valence-corrected chi connectivity index (χ4v) is 1.33. The Kier molecular flexibility index (Phi) is 9.08. The van der Waals surface area contributed by atoms with Gasteiger partial charge in [-0.05, 0) is 12.0 Å². The van der Waals surface area contributed by atoms with E-state index >= 15 is 0 Å². The zero-order chi connectivity index (χ0) is 14.7. The van der Waals surface area contributed by atoms with Crippen molar-refractivity contribution in [3.05, 3.63) is 36.5 Å². The van der Waals surface area contributed by atoms with Crippen molar-refractivity contribution in [3.63, 3.8) is 0 Å². The molecule has 0 saturated heterocycles. The summed E-state index contributed by atoms with van der Waals surface area (Å²) in [6.07, 6.45) is 7.82. The molecule has 0 saturated carbocycles. The van der Waals surface area contributed by atoms with Gasteiger partial charge in [-0.15, -0.1) is 0 Å². The summed E-state index contributed by atoms with van der Waals surface area (Å²) in [4.78, 5) is 23.2. The van der Waals surface area contributed by atoms with Crippen LogP contribution in [0.3, 0.4) is 0 Å². The molecule has 0 aliphatic rings. The van der Waals surface area contributed by atoms with E-state index in [4.69, 9.17) is 4.74 Å². The van der Waals surface area contributed by atoms with E-state index in [1.165, 1.54) is 20.3 Å². The lowest BCUT2D eigenvalue weighted by atomic mass is 10.1. The van der Waals surface area contributed by atoms with Gasteiger partial charge in [0.15, 0.2) is 6.04 Å². The Morgan fingerprint density at radius 3 is 2.53 bits per heavy atom. The molecule has 1 amide bonds. The van der Waals surface area contributed by atoms with Gasteiger partial charge in [0.25, 0.3) is 0 Å². The highest BCUT2D eigenvalue weighted by molar-refractivity contribution is 5.88. The van der Waals surface area contributed by atoms with Crippen molar-refractivity contribution in [1.82, 2.24) is 5.32 Å². The number of hydrogen-bond acceptors (Lipinski definition) is 4. The molecule has 0 rings (SSSR count). The number of ether oxygens (including phenoxy) is 2. The predicted octanol–water partition coefficient (Wildman–Crippen LogP) is 1.37. The Bertz CT molecular complexity index is 372. The fourth-order valence-electron chi connectivity index (χ4n) is 1.33. The highest BCUT2D eigenvalue weighted by Gasteiger charge is 2.23. The summed E-state index contributed by atoms with van der Waals surface area (Å²) in [5.74, 6) is -0.953. The first-order valence-electron chi connectivity index (χ1n) is 5.95. The Hall–Kier alpha value is -1.88. The lowest BCUT2D eigenvalue weighted by Gasteiger charge is -2.17. The van der Waals surface area contributed by atoms with Crippen LogP contribution in [0.1, 0.15) is 13.3 Å². The maximum Gasteiger partial charge on any atom is 0.333 e. The summed E-state index contributed by atoms with van der Waals surface area (Å²) in [7, 11) is 2.67. The molecule has 0 aromatic heterocycles. The van der Waals surface area contributed by atoms with E-state index in [1.807, 2.05) is 13.0 Å². The largest absolute Gasteiger partial charge is 0.467 e. The number of amides is 1. The van der Waals surface area contributed by atoms with Crippen molar-refractivity contribution in [2.24, 2.45) is 0 Å². The molecule has 106 valence electrons. The molecular formula is C14H21NO4. The Morgan fingerprint density at radius 1 is 1.37 bits per heavy atom. The molecule has 0 fully saturated rings. The first kappa shape index (κ1) is 17.1. The van der Waals surface area contributed by atoms with Gasteiger partial charge in [0.1, 0.15) is 6.61 Å². The minimum atomic E-state index is -0.883. The number of carbonyl (C=O) groups is 2. The molecule has 0 bridgehead atoms. The van der Waals surface area contributed by atoms with Gasteiger partial charge in [-0.1, -0.05) is 37.8 Å². The van der Waals surface area contributed by atoms with Crippen molar-refractivity contribution in [2.75, 3.05) is 20.8 Å². The van der Waals surface area contributed by atoms with E-state index in [-0.39, 0.29) is 6.61 Å². The van der Waals surface area contributed by atoms with E-state index in [1.54, 1.807) is 12.2 Å². The molecule has 0 spiro atoms. The van der Waals surface area contributed by atoms with Crippen LogP contribution in [-0.2, 0) is 19.1 Å². The minimum Gasteiger partial charge on any atom is -0.467 e. The van der Waals surface area contributed by atoms with Crippen LogP contribution in [-0.4, -0.2) is 38.7 Å². The van der Waals surface area contributed by atoms with Crippen LogP contribution in [0.2, 0.25) is 0 Å². The van der Waals surface area contributed by atoms with E-state index in [9.17, 15) is 9.59 Å². The molecule has 0 aromatic carbocycles. The van der Waals surface area contributed by atoms with E-state index in [2.05, 4.69) is 16.6 Å². The van der Waals surface area contributed by atoms with Crippen LogP contribution in [0.15, 0.2) is 36.5 Å². The highest BCUT2D eigenvalue weighted by atomic mass is 16.5. The summed E-state index contributed by atoms with van der Waals surface area (Å²) >= 11 is 0. The number of hydrogen-bond donors (Lipinski definition) is 1. The predicted molar refractivity (Wildman–Crippen MR) is 73.5 cm³/mol. The molecular weight excluding hydrogens is 246 g/mol. The van der Waals surface area contributed by atoms with Gasteiger partial charge < -0.3 is 14.8 Å². The molecule has 0 radical (unpaired) electrons. The van der Waals surface area contributed by atoms with Gasteiger partial charge in [-0.2, -0.15) is 0 Å². The fraction of sp³-hybridized carbons (Fsp3) is 0.429. The monoisotopic (exact) mass is 267 g/mol. The maximum absolute atomic E-state index is 11.7. The lowest BCUT2D eigenvalue weighted by Crippen LogP contribution is -2.44. The second-order valence-electron chi connectivity index (χ2n) is 3.66. The van der Waals surface area contributed by atoms with E-state index in [0.29, 0.717) is 5.57 Å².